The van der Waals surface area contributed by atoms with Crippen LogP contribution in [0.5, 0.6) is 5.75 Å². The van der Waals surface area contributed by atoms with Crippen molar-refractivity contribution in [1.29, 1.82) is 5.53 Å². The Balaban J connectivity index is 0.894. The van der Waals surface area contributed by atoms with E-state index in [4.69, 9.17) is 20.2 Å². The number of nitrogens with one attached hydrogen (secondary N) is 3. The maximum Gasteiger partial charge on any atom is 0.311 e. The molecule has 1 amide bonds. The average Bonchev–Trinajstić information content (AvgIpc) is 3.81. The van der Waals surface area contributed by atoms with Crippen molar-refractivity contribution >= 4 is 40.1 Å². The van der Waals surface area contributed by atoms with Gasteiger partial charge >= 0.3 is 5.97 Å². The molecule has 0 unspecified atom stereocenters. The summed E-state index contributed by atoms with van der Waals surface area (Å²) in [6.45, 7) is 5.33. The van der Waals surface area contributed by atoms with Gasteiger partial charge in [0.15, 0.2) is 28.1 Å². The van der Waals surface area contributed by atoms with Crippen molar-refractivity contribution in [3.8, 4) is 17.1 Å². The van der Waals surface area contributed by atoms with Gasteiger partial charge in [-0.05, 0) is 105 Å². The number of benzene rings is 2. The largest absolute Gasteiger partial charge is 0.427 e. The van der Waals surface area contributed by atoms with E-state index in [9.17, 15) is 14.0 Å². The van der Waals surface area contributed by atoms with E-state index in [0.717, 1.165) is 74.3 Å². The van der Waals surface area contributed by atoms with Gasteiger partial charge in [-0.2, -0.15) is 0 Å². The summed E-state index contributed by atoms with van der Waals surface area (Å²) >= 11 is 0. The van der Waals surface area contributed by atoms with Crippen molar-refractivity contribution in [2.24, 2.45) is 5.11 Å². The minimum Gasteiger partial charge on any atom is -0.427 e. The summed E-state index contributed by atoms with van der Waals surface area (Å²) in [6.07, 6.45) is 15.1. The third-order valence-electron chi connectivity index (χ3n) is 9.71. The summed E-state index contributed by atoms with van der Waals surface area (Å²) in [4.78, 5) is 45.9. The van der Waals surface area contributed by atoms with Crippen LogP contribution >= 0.6 is 0 Å². The zero-order valence-electron chi connectivity index (χ0n) is 31.9. The molecular formula is C42H48FN10O3+. The van der Waals surface area contributed by atoms with Gasteiger partial charge in [0.25, 0.3) is 0 Å². The van der Waals surface area contributed by atoms with Gasteiger partial charge < -0.3 is 19.9 Å². The monoisotopic (exact) mass is 759 g/mol. The maximum absolute atomic E-state index is 14.0. The van der Waals surface area contributed by atoms with Crippen LogP contribution in [0.1, 0.15) is 94.4 Å². The fourth-order valence-corrected chi connectivity index (χ4v) is 6.74. The summed E-state index contributed by atoms with van der Waals surface area (Å²) in [5, 5.41) is 10.1. The molecule has 56 heavy (non-hydrogen) atoms. The number of aryl methyl sites for hydroxylation is 1. The number of esters is 1. The van der Waals surface area contributed by atoms with Crippen molar-refractivity contribution < 1.29 is 18.7 Å². The molecule has 0 spiro atoms. The Hall–Kier alpha value is -6.14. The number of carbonyl (C=O) groups excluding carboxylic acids is 2. The zero-order valence-corrected chi connectivity index (χ0v) is 31.9. The van der Waals surface area contributed by atoms with Crippen LogP contribution in [0, 0.1) is 11.3 Å². The van der Waals surface area contributed by atoms with Crippen molar-refractivity contribution in [3.05, 3.63) is 95.8 Å². The molecule has 13 nitrogen and oxygen atoms in total. The number of ether oxygens (including phenoxy) is 1. The number of allylic oxidation sites excluding steroid dienone is 1. The first kappa shape index (κ1) is 39.6. The molecule has 0 aliphatic heterocycles. The van der Waals surface area contributed by atoms with E-state index in [2.05, 4.69) is 36.7 Å². The molecule has 5 aromatic rings. The molecule has 14 heteroatoms. The third-order valence-corrected chi connectivity index (χ3v) is 9.71. The quantitative estimate of drug-likeness (QED) is 0.0232. The lowest BCUT2D eigenvalue weighted by molar-refractivity contribution is -0.134. The van der Waals surface area contributed by atoms with Gasteiger partial charge in [0.05, 0.1) is 12.5 Å². The first-order valence-corrected chi connectivity index (χ1v) is 19.3. The summed E-state index contributed by atoms with van der Waals surface area (Å²) in [6, 6.07) is 14.8. The molecule has 0 saturated carbocycles. The number of fused-ring (bicyclic) bond motifs is 2. The lowest BCUT2D eigenvalue weighted by atomic mass is 10.0. The molecule has 0 saturated heterocycles. The third kappa shape index (κ3) is 10.8. The molecule has 0 atom stereocenters. The number of pyridine rings is 1. The summed E-state index contributed by atoms with van der Waals surface area (Å²) in [5.41, 5.74) is 13.8. The van der Waals surface area contributed by atoms with Crippen LogP contribution in [-0.2, 0) is 22.4 Å². The second-order valence-corrected chi connectivity index (χ2v) is 14.2. The number of carbonyl (C=O) groups is 2. The fourth-order valence-electron chi connectivity index (χ4n) is 6.74. The first-order chi connectivity index (χ1) is 27.3. The predicted octanol–water partition coefficient (Wildman–Crippen LogP) is 8.62. The average molecular weight is 760 g/mol. The number of halogens is 1. The van der Waals surface area contributed by atoms with E-state index in [1.54, 1.807) is 12.5 Å². The molecule has 0 radical (unpaired) electrons. The van der Waals surface area contributed by atoms with Crippen LogP contribution in [-0.4, -0.2) is 49.5 Å². The minimum atomic E-state index is -0.458. The molecule has 1 aliphatic carbocycles. The maximum atomic E-state index is 14.0. The molecule has 3 aromatic heterocycles. The van der Waals surface area contributed by atoms with Crippen molar-refractivity contribution in [2.45, 2.75) is 90.5 Å². The van der Waals surface area contributed by atoms with E-state index in [1.807, 2.05) is 60.9 Å². The number of aromatic nitrogens is 5. The Kier molecular flexibility index (Phi) is 13.7. The molecule has 0 fully saturated rings. The van der Waals surface area contributed by atoms with Gasteiger partial charge in [-0.25, -0.2) is 19.3 Å². The van der Waals surface area contributed by atoms with Crippen LogP contribution in [0.4, 0.5) is 15.9 Å². The van der Waals surface area contributed by atoms with Crippen molar-refractivity contribution in [3.63, 3.8) is 0 Å². The van der Waals surface area contributed by atoms with Gasteiger partial charge in [0, 0.05) is 43.7 Å². The molecule has 6 rings (SSSR count). The van der Waals surface area contributed by atoms with Crippen molar-refractivity contribution in [1.82, 2.24) is 34.7 Å². The van der Waals surface area contributed by atoms with E-state index in [1.165, 1.54) is 11.6 Å². The Morgan fingerprint density at radius 3 is 2.59 bits per heavy atom. The van der Waals surface area contributed by atoms with Crippen LogP contribution in [0.25, 0.3) is 28.1 Å². The number of amides is 1. The van der Waals surface area contributed by atoms with Gasteiger partial charge in [-0.3, -0.25) is 14.6 Å². The second kappa shape index (κ2) is 19.4. The minimum absolute atomic E-state index is 0.0623. The fraction of sp³-hybridized carbons (Fsp3) is 0.381. The smallest absolute Gasteiger partial charge is 0.311 e. The lowest BCUT2D eigenvalue weighted by Gasteiger charge is -2.12. The summed E-state index contributed by atoms with van der Waals surface area (Å²) in [7, 11) is 0. The highest BCUT2D eigenvalue weighted by Crippen LogP contribution is 2.33. The Morgan fingerprint density at radius 1 is 0.964 bits per heavy atom. The van der Waals surface area contributed by atoms with Crippen LogP contribution in [0.15, 0.2) is 78.4 Å². The van der Waals surface area contributed by atoms with Gasteiger partial charge in [0.2, 0.25) is 10.8 Å². The molecular weight excluding hydrogens is 712 g/mol. The van der Waals surface area contributed by atoms with E-state index < -0.39 is 5.82 Å². The SMILES string of the molecule is CC(C)n1cnc2c(NCCC3=CCc4ccc(OC(=O)CCCCCCCNC(=O)CCCc5ccc(N=[N+]=N)cc5)cc43)nc(-c3cncc(F)c3)nc21. The van der Waals surface area contributed by atoms with Crippen LogP contribution in [0.2, 0.25) is 0 Å². The number of anilines is 1. The normalized spacial score (nSPS) is 12.0. The molecule has 3 heterocycles. The highest BCUT2D eigenvalue weighted by atomic mass is 19.1. The first-order valence-electron chi connectivity index (χ1n) is 19.3. The molecule has 1 aliphatic rings. The number of hydrogen-bond acceptors (Lipinski definition) is 10. The molecule has 2 aromatic carbocycles. The van der Waals surface area contributed by atoms with E-state index >= 15 is 0 Å². The summed E-state index contributed by atoms with van der Waals surface area (Å²) in [5.74, 6) is 0.841. The van der Waals surface area contributed by atoms with Gasteiger partial charge in [0.1, 0.15) is 22.6 Å². The molecule has 290 valence electrons. The highest BCUT2D eigenvalue weighted by Gasteiger charge is 2.19. The Labute approximate surface area is 325 Å². The van der Waals surface area contributed by atoms with Crippen LogP contribution < -0.4 is 20.3 Å². The van der Waals surface area contributed by atoms with E-state index in [-0.39, 0.29) is 17.9 Å². The van der Waals surface area contributed by atoms with Crippen LogP contribution in [0.3, 0.4) is 0 Å². The Morgan fingerprint density at radius 2 is 1.79 bits per heavy atom. The number of nitrogens with zero attached hydrogens (tertiary/aromatic N) is 7. The summed E-state index contributed by atoms with van der Waals surface area (Å²) < 4.78 is 21.7. The molecule has 0 bridgehead atoms. The number of unbranched alkanes of at least 4 members (excludes halogenated alkanes) is 4. The molecule has 3 N–H and O–H groups in total. The predicted molar refractivity (Wildman–Crippen MR) is 213 cm³/mol. The Bertz CT molecular complexity index is 2230. The standard InChI is InChI=1S/C42H47FN10O3/c1-28(2)53-27-48-39-41(49-40(50-42(39)53)32-23-33(43)26-45-25-32)47-22-20-31-15-14-30-16-19-35(24-36(30)31)56-38(55)11-6-4-3-5-7-21-46-37(54)10-8-9-29-12-17-34(18-13-29)51-52-44/h12-13,15-19,23-28,44H,3-11,14,20-22H2,1-2H3,(H-,46,47,49,50,54)/p+1. The number of imidazole rings is 1. The van der Waals surface area contributed by atoms with Gasteiger partial charge in [-0.15, -0.1) is 0 Å². The van der Waals surface area contributed by atoms with Crippen molar-refractivity contribution in [2.75, 3.05) is 18.4 Å². The second-order valence-electron chi connectivity index (χ2n) is 14.2. The van der Waals surface area contributed by atoms with Gasteiger partial charge in [-0.1, -0.05) is 43.5 Å². The zero-order chi connectivity index (χ0) is 39.3. The highest BCUT2D eigenvalue weighted by molar-refractivity contribution is 5.85. The number of rotatable bonds is 20. The lowest BCUT2D eigenvalue weighted by Crippen LogP contribution is -2.24. The van der Waals surface area contributed by atoms with E-state index in [0.29, 0.717) is 72.2 Å². The topological polar surface area (TPSA) is 174 Å². The number of hydrogen-bond donors (Lipinski definition) is 3.